The molecule has 0 fully saturated rings. The minimum atomic E-state index is -0.0440. The first-order valence-electron chi connectivity index (χ1n) is 1.99. The molecule has 0 aliphatic carbocycles. The Morgan fingerprint density at radius 1 is 2.00 bits per heavy atom. The highest BCUT2D eigenvalue weighted by Gasteiger charge is 1.94. The summed E-state index contributed by atoms with van der Waals surface area (Å²) in [7, 11) is 1.81. The van der Waals surface area contributed by atoms with Crippen molar-refractivity contribution >= 4 is 15.9 Å². The SMILES string of the molecule is CNCC(Br)C#N. The van der Waals surface area contributed by atoms with Gasteiger partial charge in [-0.3, -0.25) is 0 Å². The van der Waals surface area contributed by atoms with Crippen molar-refractivity contribution in [3.05, 3.63) is 0 Å². The summed E-state index contributed by atoms with van der Waals surface area (Å²) in [6.07, 6.45) is 0. The predicted octanol–water partition coefficient (Wildman–Crippen LogP) is 0.493. The topological polar surface area (TPSA) is 35.8 Å². The van der Waals surface area contributed by atoms with E-state index in [1.807, 2.05) is 13.1 Å². The van der Waals surface area contributed by atoms with E-state index in [-0.39, 0.29) is 4.83 Å². The highest BCUT2D eigenvalue weighted by Crippen LogP contribution is 1.92. The number of rotatable bonds is 2. The van der Waals surface area contributed by atoms with Crippen LogP contribution in [0.1, 0.15) is 0 Å². The second kappa shape index (κ2) is 4.10. The van der Waals surface area contributed by atoms with E-state index >= 15 is 0 Å². The molecule has 1 unspecified atom stereocenters. The zero-order valence-electron chi connectivity index (χ0n) is 4.11. The summed E-state index contributed by atoms with van der Waals surface area (Å²) in [6, 6.07) is 2.02. The van der Waals surface area contributed by atoms with Crippen LogP contribution < -0.4 is 5.32 Å². The van der Waals surface area contributed by atoms with Crippen LogP contribution in [0, 0.1) is 11.3 Å². The molecule has 0 saturated carbocycles. The van der Waals surface area contributed by atoms with E-state index in [0.29, 0.717) is 6.54 Å². The Balaban J connectivity index is 3.04. The number of alkyl halides is 1. The van der Waals surface area contributed by atoms with Crippen LogP contribution in [0.15, 0.2) is 0 Å². The molecule has 0 heterocycles. The summed E-state index contributed by atoms with van der Waals surface area (Å²) in [5.74, 6) is 0. The van der Waals surface area contributed by atoms with Crippen molar-refractivity contribution in [2.24, 2.45) is 0 Å². The Morgan fingerprint density at radius 3 is 2.71 bits per heavy atom. The van der Waals surface area contributed by atoms with E-state index in [2.05, 4.69) is 21.2 Å². The number of hydrogen-bond acceptors (Lipinski definition) is 2. The van der Waals surface area contributed by atoms with E-state index in [9.17, 15) is 0 Å². The van der Waals surface area contributed by atoms with Gasteiger partial charge in [0.25, 0.3) is 0 Å². The molecule has 0 bridgehead atoms. The molecular formula is C4H7BrN2. The molecule has 0 rings (SSSR count). The van der Waals surface area contributed by atoms with Crippen LogP contribution >= 0.6 is 15.9 Å². The third-order valence-corrected chi connectivity index (χ3v) is 1.05. The molecule has 0 aromatic heterocycles. The van der Waals surface area contributed by atoms with Crippen LogP contribution in [0.5, 0.6) is 0 Å². The average Bonchev–Trinajstić information content (AvgIpc) is 1.68. The maximum absolute atomic E-state index is 8.13. The van der Waals surface area contributed by atoms with Crippen LogP contribution in [0.25, 0.3) is 0 Å². The Labute approximate surface area is 51.6 Å². The second-order valence-electron chi connectivity index (χ2n) is 1.15. The normalized spacial score (nSPS) is 12.7. The fourth-order valence-corrected chi connectivity index (χ4v) is 0.549. The summed E-state index contributed by atoms with van der Waals surface area (Å²) in [5, 5.41) is 11.0. The van der Waals surface area contributed by atoms with Crippen molar-refractivity contribution in [3.8, 4) is 6.07 Å². The average molecular weight is 163 g/mol. The Morgan fingerprint density at radius 2 is 2.57 bits per heavy atom. The molecule has 0 saturated heterocycles. The minimum absolute atomic E-state index is 0.0440. The smallest absolute Gasteiger partial charge is 0.114 e. The molecule has 0 aliphatic heterocycles. The van der Waals surface area contributed by atoms with Gasteiger partial charge in [-0.1, -0.05) is 15.9 Å². The zero-order valence-corrected chi connectivity index (χ0v) is 5.70. The Hall–Kier alpha value is -0.0700. The second-order valence-corrected chi connectivity index (χ2v) is 2.26. The molecule has 0 spiro atoms. The standard InChI is InChI=1S/C4H7BrN2/c1-7-3-4(5)2-6/h4,7H,3H2,1H3. The highest BCUT2D eigenvalue weighted by molar-refractivity contribution is 9.09. The van der Waals surface area contributed by atoms with Gasteiger partial charge in [-0.15, -0.1) is 0 Å². The summed E-state index contributed by atoms with van der Waals surface area (Å²) in [6.45, 7) is 0.705. The fourth-order valence-electron chi connectivity index (χ4n) is 0.225. The van der Waals surface area contributed by atoms with Gasteiger partial charge in [-0.05, 0) is 7.05 Å². The van der Waals surface area contributed by atoms with Crippen molar-refractivity contribution < 1.29 is 0 Å². The number of nitriles is 1. The summed E-state index contributed by atoms with van der Waals surface area (Å²) in [5.41, 5.74) is 0. The van der Waals surface area contributed by atoms with Gasteiger partial charge in [0.2, 0.25) is 0 Å². The van der Waals surface area contributed by atoms with Crippen molar-refractivity contribution in [1.29, 1.82) is 5.26 Å². The van der Waals surface area contributed by atoms with Gasteiger partial charge >= 0.3 is 0 Å². The quantitative estimate of drug-likeness (QED) is 0.601. The third-order valence-electron chi connectivity index (χ3n) is 0.523. The number of nitrogens with one attached hydrogen (secondary N) is 1. The van der Waals surface area contributed by atoms with Gasteiger partial charge in [0.05, 0.1) is 6.07 Å². The molecular weight excluding hydrogens is 156 g/mol. The number of hydrogen-bond donors (Lipinski definition) is 1. The Kier molecular flexibility index (Phi) is 4.06. The molecule has 7 heavy (non-hydrogen) atoms. The van der Waals surface area contributed by atoms with Gasteiger partial charge in [-0.2, -0.15) is 5.26 Å². The maximum Gasteiger partial charge on any atom is 0.114 e. The lowest BCUT2D eigenvalue weighted by Gasteiger charge is -1.93. The molecule has 0 aromatic carbocycles. The molecule has 1 atom stereocenters. The molecule has 0 aromatic rings. The molecule has 0 aliphatic rings. The van der Waals surface area contributed by atoms with Crippen LogP contribution in [-0.2, 0) is 0 Å². The first-order chi connectivity index (χ1) is 3.31. The summed E-state index contributed by atoms with van der Waals surface area (Å²) in [4.78, 5) is -0.0440. The largest absolute Gasteiger partial charge is 0.318 e. The van der Waals surface area contributed by atoms with Crippen LogP contribution in [0.2, 0.25) is 0 Å². The van der Waals surface area contributed by atoms with E-state index < -0.39 is 0 Å². The van der Waals surface area contributed by atoms with Crippen LogP contribution in [0.4, 0.5) is 0 Å². The maximum atomic E-state index is 8.13. The van der Waals surface area contributed by atoms with Crippen LogP contribution in [0.3, 0.4) is 0 Å². The van der Waals surface area contributed by atoms with Gasteiger partial charge in [0.1, 0.15) is 4.83 Å². The molecule has 0 radical (unpaired) electrons. The van der Waals surface area contributed by atoms with Crippen LogP contribution in [-0.4, -0.2) is 18.4 Å². The van der Waals surface area contributed by atoms with E-state index in [4.69, 9.17) is 5.26 Å². The fraction of sp³-hybridized carbons (Fsp3) is 0.750. The lowest BCUT2D eigenvalue weighted by atomic mass is 10.5. The highest BCUT2D eigenvalue weighted by atomic mass is 79.9. The monoisotopic (exact) mass is 162 g/mol. The number of halogens is 1. The van der Waals surface area contributed by atoms with Crippen molar-refractivity contribution in [1.82, 2.24) is 5.32 Å². The summed E-state index contributed by atoms with van der Waals surface area (Å²) >= 11 is 3.11. The predicted molar refractivity (Wildman–Crippen MR) is 32.3 cm³/mol. The van der Waals surface area contributed by atoms with E-state index in [1.54, 1.807) is 0 Å². The minimum Gasteiger partial charge on any atom is -0.318 e. The first-order valence-corrected chi connectivity index (χ1v) is 2.91. The molecule has 40 valence electrons. The van der Waals surface area contributed by atoms with Crippen molar-refractivity contribution in [2.45, 2.75) is 4.83 Å². The third kappa shape index (κ3) is 3.77. The van der Waals surface area contributed by atoms with Crippen molar-refractivity contribution in [2.75, 3.05) is 13.6 Å². The van der Waals surface area contributed by atoms with E-state index in [1.165, 1.54) is 0 Å². The van der Waals surface area contributed by atoms with Gasteiger partial charge in [0, 0.05) is 6.54 Å². The number of nitrogens with zero attached hydrogens (tertiary/aromatic N) is 1. The lowest BCUT2D eigenvalue weighted by Crippen LogP contribution is -2.16. The van der Waals surface area contributed by atoms with Crippen molar-refractivity contribution in [3.63, 3.8) is 0 Å². The molecule has 0 amide bonds. The first kappa shape index (κ1) is 6.93. The van der Waals surface area contributed by atoms with Gasteiger partial charge in [-0.25, -0.2) is 0 Å². The molecule has 3 heteroatoms. The van der Waals surface area contributed by atoms with Gasteiger partial charge in [0.15, 0.2) is 0 Å². The zero-order chi connectivity index (χ0) is 5.70. The van der Waals surface area contributed by atoms with E-state index in [0.717, 1.165) is 0 Å². The lowest BCUT2D eigenvalue weighted by molar-refractivity contribution is 0.830. The Bertz CT molecular complexity index is 76.2. The van der Waals surface area contributed by atoms with Gasteiger partial charge < -0.3 is 5.32 Å². The molecule has 1 N–H and O–H groups in total. The summed E-state index contributed by atoms with van der Waals surface area (Å²) < 4.78 is 0. The molecule has 2 nitrogen and oxygen atoms in total.